The monoisotopic (exact) mass is 186 g/mol. The molecule has 0 aliphatic carbocycles. The Balaban J connectivity index is 2.86. The third-order valence-electron chi connectivity index (χ3n) is 1.79. The summed E-state index contributed by atoms with van der Waals surface area (Å²) in [6.45, 7) is 0.527. The molecule has 0 radical (unpaired) electrons. The summed E-state index contributed by atoms with van der Waals surface area (Å²) in [6, 6.07) is 2.59. The zero-order chi connectivity index (χ0) is 9.84. The topological polar surface area (TPSA) is 52.0 Å². The number of rotatable bonds is 3. The minimum atomic E-state index is -0.975. The largest absolute Gasteiger partial charge is 0.396 e. The number of nitrogen functional groups attached to an aromatic ring is 1. The molecule has 0 aromatic heterocycles. The summed E-state index contributed by atoms with van der Waals surface area (Å²) in [5.41, 5.74) is 11.1. The van der Waals surface area contributed by atoms with Crippen molar-refractivity contribution in [2.45, 2.75) is 12.8 Å². The lowest BCUT2D eigenvalue weighted by Crippen LogP contribution is -2.02. The lowest BCUT2D eigenvalue weighted by Gasteiger charge is -2.03. The van der Waals surface area contributed by atoms with Crippen molar-refractivity contribution in [1.29, 1.82) is 0 Å². The van der Waals surface area contributed by atoms with Crippen LogP contribution >= 0.6 is 0 Å². The SMILES string of the molecule is NCCCc1cc(N)c(F)c(F)c1. The highest BCUT2D eigenvalue weighted by Crippen LogP contribution is 2.17. The first-order chi connectivity index (χ1) is 6.15. The van der Waals surface area contributed by atoms with Crippen molar-refractivity contribution in [3.05, 3.63) is 29.3 Å². The van der Waals surface area contributed by atoms with Crippen LogP contribution in [0.25, 0.3) is 0 Å². The Bertz CT molecular complexity index is 277. The maximum Gasteiger partial charge on any atom is 0.181 e. The van der Waals surface area contributed by atoms with Gasteiger partial charge in [-0.15, -0.1) is 0 Å². The number of halogens is 2. The van der Waals surface area contributed by atoms with Gasteiger partial charge in [0, 0.05) is 0 Å². The minimum Gasteiger partial charge on any atom is -0.396 e. The van der Waals surface area contributed by atoms with Gasteiger partial charge >= 0.3 is 0 Å². The van der Waals surface area contributed by atoms with Crippen LogP contribution in [0.3, 0.4) is 0 Å². The van der Waals surface area contributed by atoms with Crippen molar-refractivity contribution in [1.82, 2.24) is 0 Å². The van der Waals surface area contributed by atoms with Gasteiger partial charge in [-0.25, -0.2) is 8.78 Å². The molecule has 0 fully saturated rings. The summed E-state index contributed by atoms with van der Waals surface area (Å²) in [6.07, 6.45) is 1.36. The Morgan fingerprint density at radius 3 is 2.46 bits per heavy atom. The first-order valence-electron chi connectivity index (χ1n) is 4.08. The summed E-state index contributed by atoms with van der Waals surface area (Å²) < 4.78 is 25.5. The smallest absolute Gasteiger partial charge is 0.181 e. The van der Waals surface area contributed by atoms with E-state index in [1.807, 2.05) is 0 Å². The highest BCUT2D eigenvalue weighted by Gasteiger charge is 2.07. The Hall–Kier alpha value is -1.16. The maximum absolute atomic E-state index is 12.8. The number of aryl methyl sites for hydroxylation is 1. The van der Waals surface area contributed by atoms with Gasteiger partial charge in [0.2, 0.25) is 0 Å². The lowest BCUT2D eigenvalue weighted by atomic mass is 10.1. The molecule has 72 valence electrons. The van der Waals surface area contributed by atoms with E-state index in [1.54, 1.807) is 0 Å². The summed E-state index contributed by atoms with van der Waals surface area (Å²) in [5.74, 6) is -1.87. The third-order valence-corrected chi connectivity index (χ3v) is 1.79. The van der Waals surface area contributed by atoms with Gasteiger partial charge in [-0.05, 0) is 37.1 Å². The molecule has 1 aromatic carbocycles. The van der Waals surface area contributed by atoms with E-state index in [9.17, 15) is 8.78 Å². The average Bonchev–Trinajstić information content (AvgIpc) is 2.10. The second-order valence-corrected chi connectivity index (χ2v) is 2.87. The van der Waals surface area contributed by atoms with Crippen LogP contribution in [0.2, 0.25) is 0 Å². The van der Waals surface area contributed by atoms with Crippen LogP contribution in [0.1, 0.15) is 12.0 Å². The van der Waals surface area contributed by atoms with E-state index in [0.29, 0.717) is 18.5 Å². The minimum absolute atomic E-state index is 0.146. The molecule has 4 N–H and O–H groups in total. The van der Waals surface area contributed by atoms with Crippen molar-refractivity contribution < 1.29 is 8.78 Å². The van der Waals surface area contributed by atoms with Crippen LogP contribution in [-0.4, -0.2) is 6.54 Å². The standard InChI is InChI=1S/C9H12F2N2/c10-7-4-6(2-1-3-12)5-8(13)9(7)11/h4-5H,1-3,12-13H2. The number of nitrogens with two attached hydrogens (primary N) is 2. The van der Waals surface area contributed by atoms with E-state index in [0.717, 1.165) is 12.5 Å². The Morgan fingerprint density at radius 1 is 1.23 bits per heavy atom. The molecule has 0 amide bonds. The molecular weight excluding hydrogens is 174 g/mol. The molecule has 0 bridgehead atoms. The van der Waals surface area contributed by atoms with Crippen LogP contribution in [0.5, 0.6) is 0 Å². The highest BCUT2D eigenvalue weighted by atomic mass is 19.2. The zero-order valence-corrected chi connectivity index (χ0v) is 7.19. The highest BCUT2D eigenvalue weighted by molar-refractivity contribution is 5.43. The van der Waals surface area contributed by atoms with Gasteiger partial charge in [0.1, 0.15) is 0 Å². The van der Waals surface area contributed by atoms with Gasteiger partial charge in [-0.1, -0.05) is 0 Å². The number of hydrogen-bond acceptors (Lipinski definition) is 2. The van der Waals surface area contributed by atoms with Crippen LogP contribution < -0.4 is 11.5 Å². The van der Waals surface area contributed by atoms with Crippen LogP contribution in [-0.2, 0) is 6.42 Å². The fourth-order valence-corrected chi connectivity index (χ4v) is 1.12. The molecule has 0 aliphatic heterocycles. The van der Waals surface area contributed by atoms with Gasteiger partial charge in [0.05, 0.1) is 5.69 Å². The number of hydrogen-bond donors (Lipinski definition) is 2. The van der Waals surface area contributed by atoms with E-state index in [1.165, 1.54) is 6.07 Å². The molecule has 2 nitrogen and oxygen atoms in total. The predicted molar refractivity (Wildman–Crippen MR) is 48.1 cm³/mol. The number of anilines is 1. The first-order valence-corrected chi connectivity index (χ1v) is 4.08. The summed E-state index contributed by atoms with van der Waals surface area (Å²) in [4.78, 5) is 0. The molecule has 0 saturated heterocycles. The quantitative estimate of drug-likeness (QED) is 0.702. The molecule has 1 aromatic rings. The van der Waals surface area contributed by atoms with Crippen molar-refractivity contribution in [2.24, 2.45) is 5.73 Å². The van der Waals surface area contributed by atoms with Crippen molar-refractivity contribution in [3.63, 3.8) is 0 Å². The molecule has 4 heteroatoms. The Labute approximate surface area is 75.5 Å². The van der Waals surface area contributed by atoms with E-state index in [2.05, 4.69) is 0 Å². The summed E-state index contributed by atoms with van der Waals surface area (Å²) >= 11 is 0. The van der Waals surface area contributed by atoms with Gasteiger partial charge in [-0.2, -0.15) is 0 Å². The molecule has 0 spiro atoms. The fraction of sp³-hybridized carbons (Fsp3) is 0.333. The molecule has 0 unspecified atom stereocenters. The second kappa shape index (κ2) is 4.18. The predicted octanol–water partition coefficient (Wildman–Crippen LogP) is 1.44. The lowest BCUT2D eigenvalue weighted by molar-refractivity contribution is 0.510. The van der Waals surface area contributed by atoms with Gasteiger partial charge in [0.15, 0.2) is 11.6 Å². The van der Waals surface area contributed by atoms with Crippen LogP contribution in [0, 0.1) is 11.6 Å². The molecule has 0 heterocycles. The van der Waals surface area contributed by atoms with E-state index in [-0.39, 0.29) is 5.69 Å². The summed E-state index contributed by atoms with van der Waals surface area (Å²) in [5, 5.41) is 0. The molecule has 0 atom stereocenters. The normalized spacial score (nSPS) is 10.4. The second-order valence-electron chi connectivity index (χ2n) is 2.87. The molecule has 13 heavy (non-hydrogen) atoms. The van der Waals surface area contributed by atoms with E-state index < -0.39 is 11.6 Å². The maximum atomic E-state index is 12.8. The van der Waals surface area contributed by atoms with Crippen molar-refractivity contribution in [3.8, 4) is 0 Å². The van der Waals surface area contributed by atoms with E-state index >= 15 is 0 Å². The molecule has 0 aliphatic rings. The molecule has 1 rings (SSSR count). The Morgan fingerprint density at radius 2 is 1.92 bits per heavy atom. The van der Waals surface area contributed by atoms with Gasteiger partial charge in [-0.3, -0.25) is 0 Å². The molecular formula is C9H12F2N2. The van der Waals surface area contributed by atoms with Gasteiger partial charge in [0.25, 0.3) is 0 Å². The zero-order valence-electron chi connectivity index (χ0n) is 7.19. The fourth-order valence-electron chi connectivity index (χ4n) is 1.12. The first kappa shape index (κ1) is 9.92. The third kappa shape index (κ3) is 2.39. The van der Waals surface area contributed by atoms with E-state index in [4.69, 9.17) is 11.5 Å². The average molecular weight is 186 g/mol. The Kier molecular flexibility index (Phi) is 3.19. The number of benzene rings is 1. The summed E-state index contributed by atoms with van der Waals surface area (Å²) in [7, 11) is 0. The van der Waals surface area contributed by atoms with Crippen LogP contribution in [0.15, 0.2) is 12.1 Å². The van der Waals surface area contributed by atoms with Gasteiger partial charge < -0.3 is 11.5 Å². The van der Waals surface area contributed by atoms with Crippen molar-refractivity contribution >= 4 is 5.69 Å². The van der Waals surface area contributed by atoms with Crippen LogP contribution in [0.4, 0.5) is 14.5 Å². The molecule has 0 saturated carbocycles. The van der Waals surface area contributed by atoms with Crippen molar-refractivity contribution in [2.75, 3.05) is 12.3 Å².